The smallest absolute Gasteiger partial charge is 0.237 e. The highest BCUT2D eigenvalue weighted by atomic mass is 79.9. The van der Waals surface area contributed by atoms with E-state index in [0.717, 1.165) is 0 Å². The molecule has 5 nitrogen and oxygen atoms in total. The molecule has 25 heavy (non-hydrogen) atoms. The standard InChI is InChI=1S/C18H28BrNO4Si/c1-17(2,3)25(7,8)24-16-13-15(23-6)14(22)11(19)9-20(13)10-12(21)18(16,4)5/h9,16H,10H2,1-8H3. The van der Waals surface area contributed by atoms with Crippen LogP contribution in [0.15, 0.2) is 15.5 Å². The van der Waals surface area contributed by atoms with Crippen molar-refractivity contribution in [2.24, 2.45) is 5.41 Å². The van der Waals surface area contributed by atoms with Crippen LogP contribution in [0, 0.1) is 5.41 Å². The average molecular weight is 430 g/mol. The molecule has 140 valence electrons. The Bertz CT molecular complexity index is 762. The fourth-order valence-corrected chi connectivity index (χ4v) is 4.52. The number of ether oxygens (including phenoxy) is 1. The molecule has 0 N–H and O–H groups in total. The summed E-state index contributed by atoms with van der Waals surface area (Å²) >= 11 is 3.27. The zero-order valence-electron chi connectivity index (χ0n) is 16.3. The van der Waals surface area contributed by atoms with Gasteiger partial charge in [0.15, 0.2) is 19.9 Å². The number of rotatable bonds is 3. The molecular weight excluding hydrogens is 402 g/mol. The minimum Gasteiger partial charge on any atom is -0.491 e. The van der Waals surface area contributed by atoms with Crippen LogP contribution in [0.4, 0.5) is 0 Å². The SMILES string of the molecule is COc1c2n(cc(Br)c1=O)CC(=O)C(C)(C)C2O[Si](C)(C)C(C)(C)C. The molecule has 2 heterocycles. The molecule has 1 unspecified atom stereocenters. The normalized spacial score (nSPS) is 20.4. The Kier molecular flexibility index (Phi) is 5.18. The number of fused-ring (bicyclic) bond motifs is 1. The van der Waals surface area contributed by atoms with E-state index in [4.69, 9.17) is 9.16 Å². The minimum atomic E-state index is -2.18. The second-order valence-electron chi connectivity index (χ2n) is 8.76. The number of methoxy groups -OCH3 is 1. The van der Waals surface area contributed by atoms with Crippen LogP contribution in [-0.2, 0) is 15.8 Å². The van der Waals surface area contributed by atoms with Crippen molar-refractivity contribution in [2.45, 2.75) is 65.4 Å². The lowest BCUT2D eigenvalue weighted by Crippen LogP contribution is -2.50. The summed E-state index contributed by atoms with van der Waals surface area (Å²) in [6, 6.07) is 0. The number of carbonyl (C=O) groups is 1. The second kappa shape index (κ2) is 6.35. The molecule has 1 aromatic heterocycles. The van der Waals surface area contributed by atoms with Gasteiger partial charge in [-0.15, -0.1) is 0 Å². The van der Waals surface area contributed by atoms with Crippen molar-refractivity contribution in [3.05, 3.63) is 26.6 Å². The summed E-state index contributed by atoms with van der Waals surface area (Å²) in [6.45, 7) is 14.8. The molecule has 1 aliphatic heterocycles. The molecule has 1 aromatic rings. The van der Waals surface area contributed by atoms with E-state index in [1.54, 1.807) is 10.8 Å². The highest BCUT2D eigenvalue weighted by Gasteiger charge is 2.50. The van der Waals surface area contributed by atoms with E-state index in [0.29, 0.717) is 10.2 Å². The monoisotopic (exact) mass is 429 g/mol. The third kappa shape index (κ3) is 3.38. The van der Waals surface area contributed by atoms with Gasteiger partial charge in [0.2, 0.25) is 5.43 Å². The lowest BCUT2D eigenvalue weighted by Gasteiger charge is -2.46. The summed E-state index contributed by atoms with van der Waals surface area (Å²) in [5, 5.41) is -0.0166. The Morgan fingerprint density at radius 1 is 1.28 bits per heavy atom. The van der Waals surface area contributed by atoms with Crippen molar-refractivity contribution >= 4 is 30.0 Å². The number of aromatic nitrogens is 1. The van der Waals surface area contributed by atoms with Gasteiger partial charge in [-0.1, -0.05) is 20.8 Å². The van der Waals surface area contributed by atoms with Crippen LogP contribution in [0.3, 0.4) is 0 Å². The van der Waals surface area contributed by atoms with Crippen LogP contribution >= 0.6 is 15.9 Å². The molecule has 0 saturated heterocycles. The largest absolute Gasteiger partial charge is 0.491 e. The van der Waals surface area contributed by atoms with Crippen LogP contribution in [0.1, 0.15) is 46.4 Å². The van der Waals surface area contributed by atoms with E-state index < -0.39 is 19.8 Å². The summed E-state index contributed by atoms with van der Waals surface area (Å²) in [7, 11) is -0.698. The van der Waals surface area contributed by atoms with Gasteiger partial charge in [-0.3, -0.25) is 9.59 Å². The lowest BCUT2D eigenvalue weighted by molar-refractivity contribution is -0.136. The third-order valence-electron chi connectivity index (χ3n) is 5.59. The van der Waals surface area contributed by atoms with Crippen molar-refractivity contribution < 1.29 is 14.0 Å². The first-order valence-electron chi connectivity index (χ1n) is 8.42. The van der Waals surface area contributed by atoms with Crippen molar-refractivity contribution in [3.8, 4) is 5.75 Å². The van der Waals surface area contributed by atoms with Crippen molar-refractivity contribution in [3.63, 3.8) is 0 Å². The number of nitrogens with zero attached hydrogens (tertiary/aromatic N) is 1. The number of Topliss-reactive ketones (excluding diaryl/α,β-unsaturated/α-hetero) is 1. The zero-order valence-corrected chi connectivity index (χ0v) is 18.9. The molecule has 0 spiro atoms. The predicted molar refractivity (Wildman–Crippen MR) is 105 cm³/mol. The maximum Gasteiger partial charge on any atom is 0.237 e. The van der Waals surface area contributed by atoms with Crippen LogP contribution in [-0.4, -0.2) is 25.8 Å². The number of hydrogen-bond acceptors (Lipinski definition) is 4. The molecule has 1 aliphatic rings. The van der Waals surface area contributed by atoms with Gasteiger partial charge in [0, 0.05) is 6.20 Å². The van der Waals surface area contributed by atoms with Crippen LogP contribution in [0.2, 0.25) is 18.1 Å². The Morgan fingerprint density at radius 2 is 1.84 bits per heavy atom. The quantitative estimate of drug-likeness (QED) is 0.672. The maximum absolute atomic E-state index is 12.8. The Labute approximate surface area is 159 Å². The molecule has 7 heteroatoms. The first kappa shape index (κ1) is 20.4. The van der Waals surface area contributed by atoms with Gasteiger partial charge >= 0.3 is 0 Å². The summed E-state index contributed by atoms with van der Waals surface area (Å²) < 4.78 is 14.3. The maximum atomic E-state index is 12.8. The summed E-state index contributed by atoms with van der Waals surface area (Å²) in [5.74, 6) is 0.333. The molecule has 0 aliphatic carbocycles. The van der Waals surface area contributed by atoms with E-state index in [1.165, 1.54) is 7.11 Å². The average Bonchev–Trinajstić information content (AvgIpc) is 2.45. The fraction of sp³-hybridized carbons (Fsp3) is 0.667. The molecule has 0 saturated carbocycles. The van der Waals surface area contributed by atoms with Crippen molar-refractivity contribution in [2.75, 3.05) is 7.11 Å². The van der Waals surface area contributed by atoms with E-state index in [1.807, 2.05) is 13.8 Å². The van der Waals surface area contributed by atoms with E-state index in [-0.39, 0.29) is 28.5 Å². The van der Waals surface area contributed by atoms with E-state index in [9.17, 15) is 9.59 Å². The van der Waals surface area contributed by atoms with Gasteiger partial charge in [0.1, 0.15) is 6.10 Å². The van der Waals surface area contributed by atoms with Crippen LogP contribution < -0.4 is 10.2 Å². The molecular formula is C18H28BrNO4Si. The first-order chi connectivity index (χ1) is 11.2. The minimum absolute atomic E-state index is 0.0166. The fourth-order valence-electron chi connectivity index (χ4n) is 2.74. The molecule has 1 atom stereocenters. The number of carbonyl (C=O) groups excluding carboxylic acids is 1. The summed E-state index contributed by atoms with van der Waals surface area (Å²) in [5.41, 5.74) is -0.295. The van der Waals surface area contributed by atoms with Crippen LogP contribution in [0.25, 0.3) is 0 Å². The highest BCUT2D eigenvalue weighted by Crippen LogP contribution is 2.49. The molecule has 0 bridgehead atoms. The van der Waals surface area contributed by atoms with E-state index in [2.05, 4.69) is 49.8 Å². The van der Waals surface area contributed by atoms with Crippen molar-refractivity contribution in [1.82, 2.24) is 4.57 Å². The van der Waals surface area contributed by atoms with Crippen LogP contribution in [0.5, 0.6) is 5.75 Å². The summed E-state index contributed by atoms with van der Waals surface area (Å²) in [4.78, 5) is 25.4. The molecule has 2 rings (SSSR count). The molecule has 0 fully saturated rings. The molecule has 0 amide bonds. The van der Waals surface area contributed by atoms with Gasteiger partial charge in [-0.25, -0.2) is 0 Å². The number of halogens is 1. The lowest BCUT2D eigenvalue weighted by atomic mass is 9.77. The first-order valence-corrected chi connectivity index (χ1v) is 12.1. The molecule has 0 radical (unpaired) electrons. The topological polar surface area (TPSA) is 57.5 Å². The Balaban J connectivity index is 2.73. The summed E-state index contributed by atoms with van der Waals surface area (Å²) in [6.07, 6.45) is 1.14. The number of pyridine rings is 1. The molecule has 0 aromatic carbocycles. The number of ketones is 1. The highest BCUT2D eigenvalue weighted by molar-refractivity contribution is 9.10. The van der Waals surface area contributed by atoms with Gasteiger partial charge in [0.25, 0.3) is 0 Å². The zero-order chi connectivity index (χ0) is 19.4. The predicted octanol–water partition coefficient (Wildman–Crippen LogP) is 4.29. The number of hydrogen-bond donors (Lipinski definition) is 0. The van der Waals surface area contributed by atoms with Gasteiger partial charge in [-0.05, 0) is 47.9 Å². The van der Waals surface area contributed by atoms with Gasteiger partial charge < -0.3 is 13.7 Å². The Hall–Kier alpha value is -0.923. The Morgan fingerprint density at radius 3 is 2.32 bits per heavy atom. The third-order valence-corrected chi connectivity index (χ3v) is 10.6. The van der Waals surface area contributed by atoms with Crippen molar-refractivity contribution in [1.29, 1.82) is 0 Å². The van der Waals surface area contributed by atoms with Gasteiger partial charge in [-0.2, -0.15) is 0 Å². The second-order valence-corrected chi connectivity index (χ2v) is 14.4. The van der Waals surface area contributed by atoms with E-state index >= 15 is 0 Å². The van der Waals surface area contributed by atoms with Gasteiger partial charge in [0.05, 0.1) is 29.2 Å².